The van der Waals surface area contributed by atoms with E-state index < -0.39 is 23.8 Å². The molecule has 0 spiro atoms. The summed E-state index contributed by atoms with van der Waals surface area (Å²) in [5.41, 5.74) is 3.32. The first kappa shape index (κ1) is 13.9. The Morgan fingerprint density at radius 1 is 1.00 bits per heavy atom. The van der Waals surface area contributed by atoms with Crippen LogP contribution in [0.2, 0.25) is 0 Å². The molecule has 23 heavy (non-hydrogen) atoms. The molecule has 1 atom stereocenters. The molecule has 1 aliphatic carbocycles. The molecule has 1 heterocycles. The van der Waals surface area contributed by atoms with E-state index in [1.165, 1.54) is 25.2 Å². The summed E-state index contributed by atoms with van der Waals surface area (Å²) in [5, 5.41) is 1.77. The van der Waals surface area contributed by atoms with E-state index in [0.717, 1.165) is 28.5 Å². The first-order valence-corrected chi connectivity index (χ1v) is 7.57. The van der Waals surface area contributed by atoms with Crippen molar-refractivity contribution < 1.29 is 19.1 Å². The van der Waals surface area contributed by atoms with Crippen molar-refractivity contribution in [2.24, 2.45) is 0 Å². The molecule has 116 valence electrons. The number of esters is 1. The number of carbonyl (C=O) groups excluding carboxylic acids is 3. The van der Waals surface area contributed by atoms with Crippen molar-refractivity contribution in [1.82, 2.24) is 4.90 Å². The van der Waals surface area contributed by atoms with Crippen LogP contribution in [0.5, 0.6) is 0 Å². The van der Waals surface area contributed by atoms with Crippen LogP contribution in [0.1, 0.15) is 38.8 Å². The average Bonchev–Trinajstić information content (AvgIpc) is 2.98. The molecule has 2 amide bonds. The maximum Gasteiger partial charge on any atom is 0.328 e. The summed E-state index contributed by atoms with van der Waals surface area (Å²) in [5.74, 6) is -1.48. The van der Waals surface area contributed by atoms with Crippen molar-refractivity contribution in [3.05, 3.63) is 46.5 Å². The first-order valence-electron chi connectivity index (χ1n) is 7.57. The van der Waals surface area contributed by atoms with Crippen LogP contribution < -0.4 is 0 Å². The molecule has 4 rings (SSSR count). The van der Waals surface area contributed by atoms with E-state index in [2.05, 4.69) is 4.74 Å². The number of imide groups is 1. The van der Waals surface area contributed by atoms with Gasteiger partial charge in [-0.2, -0.15) is 0 Å². The highest BCUT2D eigenvalue weighted by Crippen LogP contribution is 2.38. The van der Waals surface area contributed by atoms with E-state index >= 15 is 0 Å². The molecule has 0 saturated heterocycles. The molecule has 1 aliphatic heterocycles. The van der Waals surface area contributed by atoms with Gasteiger partial charge in [-0.25, -0.2) is 4.79 Å². The lowest BCUT2D eigenvalue weighted by Gasteiger charge is -2.30. The summed E-state index contributed by atoms with van der Waals surface area (Å²) in [4.78, 5) is 38.4. The van der Waals surface area contributed by atoms with E-state index in [-0.39, 0.29) is 0 Å². The number of hydrogen-bond donors (Lipinski definition) is 0. The van der Waals surface area contributed by atoms with Gasteiger partial charge in [0.05, 0.1) is 7.11 Å². The van der Waals surface area contributed by atoms with E-state index in [1.54, 1.807) is 12.1 Å². The Labute approximate surface area is 132 Å². The number of benzene rings is 2. The Hall–Kier alpha value is -2.69. The van der Waals surface area contributed by atoms with Crippen LogP contribution >= 0.6 is 0 Å². The number of carbonyl (C=O) groups is 3. The summed E-state index contributed by atoms with van der Waals surface area (Å²) in [6.45, 7) is 1.50. The topological polar surface area (TPSA) is 63.7 Å². The van der Waals surface area contributed by atoms with Gasteiger partial charge >= 0.3 is 5.97 Å². The van der Waals surface area contributed by atoms with Crippen molar-refractivity contribution in [2.75, 3.05) is 7.11 Å². The third-order valence-corrected chi connectivity index (χ3v) is 4.82. The second-order valence-corrected chi connectivity index (χ2v) is 5.97. The van der Waals surface area contributed by atoms with E-state index in [0.29, 0.717) is 11.1 Å². The molecule has 2 aliphatic rings. The van der Waals surface area contributed by atoms with Gasteiger partial charge in [0, 0.05) is 16.5 Å². The Balaban J connectivity index is 1.97. The maximum atomic E-state index is 12.8. The smallest absolute Gasteiger partial charge is 0.328 e. The second kappa shape index (κ2) is 4.65. The fraction of sp³-hybridized carbons (Fsp3) is 0.278. The van der Waals surface area contributed by atoms with Crippen LogP contribution in [-0.4, -0.2) is 35.8 Å². The predicted octanol–water partition coefficient (Wildman–Crippen LogP) is 2.10. The summed E-state index contributed by atoms with van der Waals surface area (Å²) >= 11 is 0. The third-order valence-electron chi connectivity index (χ3n) is 4.82. The summed E-state index contributed by atoms with van der Waals surface area (Å²) < 4.78 is 4.69. The molecule has 5 heteroatoms. The minimum atomic E-state index is -0.951. The van der Waals surface area contributed by atoms with E-state index in [9.17, 15) is 14.4 Å². The Morgan fingerprint density at radius 2 is 1.52 bits per heavy atom. The molecular weight excluding hydrogens is 294 g/mol. The number of methoxy groups -OCH3 is 1. The van der Waals surface area contributed by atoms with E-state index in [1.807, 2.05) is 12.1 Å². The number of rotatable bonds is 2. The number of hydrogen-bond acceptors (Lipinski definition) is 4. The lowest BCUT2D eigenvalue weighted by Crippen LogP contribution is -2.49. The molecule has 2 aromatic rings. The van der Waals surface area contributed by atoms with Crippen LogP contribution in [0.15, 0.2) is 24.3 Å². The van der Waals surface area contributed by atoms with Crippen molar-refractivity contribution in [3.8, 4) is 0 Å². The van der Waals surface area contributed by atoms with Crippen LogP contribution in [0.3, 0.4) is 0 Å². The lowest BCUT2D eigenvalue weighted by molar-refractivity contribution is -0.144. The van der Waals surface area contributed by atoms with Gasteiger partial charge in [-0.15, -0.1) is 0 Å². The molecule has 0 N–H and O–H groups in total. The quantitative estimate of drug-likeness (QED) is 0.629. The Morgan fingerprint density at radius 3 is 2.00 bits per heavy atom. The van der Waals surface area contributed by atoms with E-state index in [4.69, 9.17) is 0 Å². The zero-order valence-electron chi connectivity index (χ0n) is 12.9. The Kier molecular flexibility index (Phi) is 2.82. The molecule has 0 aromatic heterocycles. The Bertz CT molecular complexity index is 841. The molecule has 0 bridgehead atoms. The fourth-order valence-electron chi connectivity index (χ4n) is 3.66. The highest BCUT2D eigenvalue weighted by molar-refractivity contribution is 6.27. The third kappa shape index (κ3) is 1.70. The largest absolute Gasteiger partial charge is 0.467 e. The van der Waals surface area contributed by atoms with Crippen molar-refractivity contribution in [3.63, 3.8) is 0 Å². The van der Waals surface area contributed by atoms with Gasteiger partial charge in [-0.1, -0.05) is 12.1 Å². The van der Waals surface area contributed by atoms with Crippen LogP contribution in [0, 0.1) is 0 Å². The van der Waals surface area contributed by atoms with Gasteiger partial charge in [0.15, 0.2) is 0 Å². The zero-order valence-corrected chi connectivity index (χ0v) is 12.9. The minimum absolute atomic E-state index is 0.434. The summed E-state index contributed by atoms with van der Waals surface area (Å²) in [6, 6.07) is 6.48. The van der Waals surface area contributed by atoms with Crippen LogP contribution in [0.4, 0.5) is 0 Å². The molecule has 0 fully saturated rings. The SMILES string of the molecule is COC(=O)[C@H](C)N1C(=O)c2ccc3c4c(ccc(c24)C1=O)CC3. The molecule has 0 radical (unpaired) electrons. The monoisotopic (exact) mass is 309 g/mol. The van der Waals surface area contributed by atoms with Crippen molar-refractivity contribution in [1.29, 1.82) is 0 Å². The number of aryl methyl sites for hydroxylation is 2. The highest BCUT2D eigenvalue weighted by Gasteiger charge is 2.39. The fourth-order valence-corrected chi connectivity index (χ4v) is 3.66. The second-order valence-electron chi connectivity index (χ2n) is 5.97. The zero-order chi connectivity index (χ0) is 16.3. The standard InChI is InChI=1S/C18H15NO4/c1-9(18(22)23-2)19-16(20)12-7-5-10-3-4-11-6-8-13(17(19)21)15(12)14(10)11/h5-9H,3-4H2,1-2H3/t9-/m0/s1. The average molecular weight is 309 g/mol. The van der Waals surface area contributed by atoms with Gasteiger partial charge in [-0.05, 0) is 48.4 Å². The summed E-state index contributed by atoms with van der Waals surface area (Å²) in [6.07, 6.45) is 1.86. The first-order chi connectivity index (χ1) is 11.0. The number of ether oxygens (including phenoxy) is 1. The normalized spacial score (nSPS) is 16.9. The maximum absolute atomic E-state index is 12.8. The van der Waals surface area contributed by atoms with Crippen molar-refractivity contribution in [2.45, 2.75) is 25.8 Å². The van der Waals surface area contributed by atoms with Gasteiger partial charge in [-0.3, -0.25) is 14.5 Å². The van der Waals surface area contributed by atoms with Gasteiger partial charge in [0.1, 0.15) is 6.04 Å². The minimum Gasteiger partial charge on any atom is -0.467 e. The highest BCUT2D eigenvalue weighted by atomic mass is 16.5. The van der Waals surface area contributed by atoms with Crippen molar-refractivity contribution >= 4 is 28.6 Å². The summed E-state index contributed by atoms with van der Waals surface area (Å²) in [7, 11) is 1.24. The van der Waals surface area contributed by atoms with Crippen LogP contribution in [-0.2, 0) is 22.4 Å². The molecular formula is C18H15NO4. The number of nitrogens with zero attached hydrogens (tertiary/aromatic N) is 1. The van der Waals surface area contributed by atoms with Gasteiger partial charge in [0.2, 0.25) is 0 Å². The van der Waals surface area contributed by atoms with Gasteiger partial charge < -0.3 is 4.74 Å². The van der Waals surface area contributed by atoms with Crippen LogP contribution in [0.25, 0.3) is 10.8 Å². The molecule has 5 nitrogen and oxygen atoms in total. The molecule has 2 aromatic carbocycles. The lowest BCUT2D eigenvalue weighted by atomic mass is 9.90. The van der Waals surface area contributed by atoms with Gasteiger partial charge in [0.25, 0.3) is 11.8 Å². The number of amides is 2. The predicted molar refractivity (Wildman–Crippen MR) is 83.3 cm³/mol. The molecule has 0 saturated carbocycles. The molecule has 0 unspecified atom stereocenters.